The predicted molar refractivity (Wildman–Crippen MR) is 78.2 cm³/mol. The van der Waals surface area contributed by atoms with Crippen LogP contribution in [0.15, 0.2) is 60.4 Å². The molecule has 2 nitrogen and oxygen atoms in total. The fraction of sp³-hybridized carbons (Fsp3) is 0. The smallest absolute Gasteiger partial charge is 0.354 e. The van der Waals surface area contributed by atoms with E-state index >= 15 is 0 Å². The third-order valence-corrected chi connectivity index (χ3v) is 4.28. The zero-order valence-corrected chi connectivity index (χ0v) is 11.9. The van der Waals surface area contributed by atoms with Crippen molar-refractivity contribution >= 4 is 24.7 Å². The van der Waals surface area contributed by atoms with Crippen molar-refractivity contribution in [3.05, 3.63) is 60.4 Å². The normalized spacial score (nSPS) is 10.9. The molecule has 0 saturated carbocycles. The highest BCUT2D eigenvalue weighted by molar-refractivity contribution is 7.33. The maximum Gasteiger partial charge on any atom is 0.354 e. The minimum atomic E-state index is 0.713. The van der Waals surface area contributed by atoms with Gasteiger partial charge in [-0.25, -0.2) is 5.10 Å². The molecule has 0 saturated heterocycles. The van der Waals surface area contributed by atoms with Crippen LogP contribution in [0.2, 0.25) is 0 Å². The van der Waals surface area contributed by atoms with Gasteiger partial charge in [-0.15, -0.1) is 0 Å². The van der Waals surface area contributed by atoms with Crippen LogP contribution in [0.25, 0.3) is 22.2 Å². The van der Waals surface area contributed by atoms with Crippen molar-refractivity contribution in [2.24, 2.45) is 0 Å². The average Bonchev–Trinajstić information content (AvgIpc) is 2.83. The molecule has 1 aromatic carbocycles. The molecule has 0 aliphatic rings. The first-order valence-electron chi connectivity index (χ1n) is 5.72. The molecule has 3 aromatic rings. The zero-order valence-electron chi connectivity index (χ0n) is 9.75. The lowest BCUT2D eigenvalue weighted by Gasteiger charge is -1.96. The van der Waals surface area contributed by atoms with Gasteiger partial charge >= 0.3 is 16.5 Å². The Kier molecular flexibility index (Phi) is 3.30. The molecule has 0 fully saturated rings. The molecule has 2 heterocycles. The van der Waals surface area contributed by atoms with Crippen molar-refractivity contribution in [1.29, 1.82) is 0 Å². The molecule has 1 unspecified atom stereocenters. The summed E-state index contributed by atoms with van der Waals surface area (Å²) in [6.45, 7) is 0. The quantitative estimate of drug-likeness (QED) is 0.649. The lowest BCUT2D eigenvalue weighted by molar-refractivity contribution is 1.00. The van der Waals surface area contributed by atoms with Gasteiger partial charge in [-0.3, -0.25) is 0 Å². The maximum absolute atomic E-state index is 4.56. The predicted octanol–water partition coefficient (Wildman–Crippen LogP) is 3.46. The van der Waals surface area contributed by atoms with E-state index in [-0.39, 0.29) is 0 Å². The molecular formula is C14H11AlN2P+. The second-order valence-corrected chi connectivity index (χ2v) is 5.65. The molecule has 0 aliphatic heterocycles. The fourth-order valence-corrected chi connectivity index (χ4v) is 3.28. The van der Waals surface area contributed by atoms with Crippen molar-refractivity contribution in [3.8, 4) is 22.2 Å². The van der Waals surface area contributed by atoms with Gasteiger partial charge in [0.05, 0.1) is 11.4 Å². The molecule has 3 rings (SSSR count). The highest BCUT2D eigenvalue weighted by atomic mass is 31.0. The number of hydrogen-bond acceptors (Lipinski definition) is 1. The summed E-state index contributed by atoms with van der Waals surface area (Å²) in [4.78, 5) is 0. The highest BCUT2D eigenvalue weighted by Gasteiger charge is 2.11. The Morgan fingerprint density at radius 3 is 2.50 bits per heavy atom. The van der Waals surface area contributed by atoms with E-state index < -0.39 is 0 Å². The molecule has 0 amide bonds. The summed E-state index contributed by atoms with van der Waals surface area (Å²) in [5, 5.41) is 5.88. The standard InChI is InChI=1S/C14H10N2P.Al/c1-2-6-11(7-3-1)12-10-13(16-15-12)14-8-4-5-9-17-14;/h1-10H;/q-1;+1/p+1. The van der Waals surface area contributed by atoms with Crippen LogP contribution in [0.3, 0.4) is 0 Å². The van der Waals surface area contributed by atoms with Gasteiger partial charge in [0.25, 0.3) is 0 Å². The van der Waals surface area contributed by atoms with Crippen molar-refractivity contribution in [2.75, 3.05) is 0 Å². The van der Waals surface area contributed by atoms with E-state index in [4.69, 9.17) is 0 Å². The minimum absolute atomic E-state index is 0.713. The Balaban J connectivity index is 2.07. The van der Waals surface area contributed by atoms with Crippen LogP contribution in [0.4, 0.5) is 0 Å². The van der Waals surface area contributed by atoms with E-state index in [1.165, 1.54) is 5.30 Å². The van der Waals surface area contributed by atoms with Crippen molar-refractivity contribution in [1.82, 2.24) is 8.76 Å². The summed E-state index contributed by atoms with van der Waals surface area (Å²) < 4.78 is 1.88. The molecule has 0 N–H and O–H groups in total. The Morgan fingerprint density at radius 2 is 1.78 bits per heavy atom. The largest absolute Gasteiger partial charge is 0.380 e. The summed E-state index contributed by atoms with van der Waals surface area (Å²) in [6, 6.07) is 18.7. The molecule has 4 heteroatoms. The van der Waals surface area contributed by atoms with Crippen LogP contribution < -0.4 is 0 Å². The second kappa shape index (κ2) is 5.08. The van der Waals surface area contributed by atoms with Gasteiger partial charge in [0.1, 0.15) is 14.0 Å². The number of rotatable bonds is 2. The fourth-order valence-electron chi connectivity index (χ4n) is 1.90. The number of benzene rings is 1. The number of nitrogens with zero attached hydrogens (tertiary/aromatic N) is 2. The number of aromatic nitrogens is 2. The highest BCUT2D eigenvalue weighted by Crippen LogP contribution is 2.29. The third kappa shape index (κ3) is 2.26. The topological polar surface area (TPSA) is 17.8 Å². The van der Waals surface area contributed by atoms with Crippen molar-refractivity contribution in [3.63, 3.8) is 0 Å². The average molecular weight is 265 g/mol. The minimum Gasteiger partial charge on any atom is -0.380 e. The molecule has 2 radical (unpaired) electrons. The third-order valence-electron chi connectivity index (χ3n) is 2.79. The first-order chi connectivity index (χ1) is 8.84. The monoisotopic (exact) mass is 265 g/mol. The van der Waals surface area contributed by atoms with E-state index in [0.29, 0.717) is 8.19 Å². The van der Waals surface area contributed by atoms with Crippen LogP contribution in [0.5, 0.6) is 0 Å². The second-order valence-electron chi connectivity index (χ2n) is 4.00. The van der Waals surface area contributed by atoms with Gasteiger partial charge in [-0.2, -0.15) is 0 Å². The van der Waals surface area contributed by atoms with Crippen LogP contribution >= 0.6 is 8.19 Å². The molecule has 2 aromatic heterocycles. The summed E-state index contributed by atoms with van der Waals surface area (Å²) in [5.41, 5.74) is 3.33. The van der Waals surface area contributed by atoms with Gasteiger partial charge in [-0.1, -0.05) is 36.4 Å². The molecule has 1 atom stereocenters. The van der Waals surface area contributed by atoms with E-state index in [1.807, 2.05) is 21.9 Å². The first kappa shape index (κ1) is 11.7. The van der Waals surface area contributed by atoms with Crippen LogP contribution in [-0.4, -0.2) is 25.3 Å². The molecule has 0 aliphatic carbocycles. The van der Waals surface area contributed by atoms with E-state index in [1.54, 1.807) is 0 Å². The lowest BCUT2D eigenvalue weighted by atomic mass is 10.1. The van der Waals surface area contributed by atoms with Crippen LogP contribution in [0.1, 0.15) is 0 Å². The Bertz CT molecular complexity index is 650. The van der Waals surface area contributed by atoms with E-state index in [0.717, 1.165) is 17.0 Å². The SMILES string of the molecule is [Al][n]1nc(-c2ccccc2)cc1-c1cccc[pH+]1. The van der Waals surface area contributed by atoms with Gasteiger partial charge < -0.3 is 3.67 Å². The summed E-state index contributed by atoms with van der Waals surface area (Å²) in [7, 11) is 0.713. The zero-order chi connectivity index (χ0) is 12.4. The van der Waals surface area contributed by atoms with Crippen LogP contribution in [0, 0.1) is 0 Å². The van der Waals surface area contributed by atoms with E-state index in [2.05, 4.69) is 63.8 Å². The molecule has 0 spiro atoms. The summed E-state index contributed by atoms with van der Waals surface area (Å²) in [6.07, 6.45) is 0. The first-order valence-corrected chi connectivity index (χ1v) is 7.31. The Labute approximate surface area is 116 Å². The maximum atomic E-state index is 4.56. The molecular weight excluding hydrogens is 254 g/mol. The van der Waals surface area contributed by atoms with Gasteiger partial charge in [0.2, 0.25) is 0 Å². The van der Waals surface area contributed by atoms with Gasteiger partial charge in [-0.05, 0) is 18.2 Å². The van der Waals surface area contributed by atoms with Crippen molar-refractivity contribution in [2.45, 2.75) is 0 Å². The number of hydrogen-bond donors (Lipinski definition) is 0. The lowest BCUT2D eigenvalue weighted by Crippen LogP contribution is -1.95. The van der Waals surface area contributed by atoms with Crippen LogP contribution in [-0.2, 0) is 0 Å². The molecule has 18 heavy (non-hydrogen) atoms. The Hall–Kier alpha value is -1.39. The van der Waals surface area contributed by atoms with Crippen molar-refractivity contribution < 1.29 is 0 Å². The van der Waals surface area contributed by atoms with Gasteiger partial charge in [0, 0.05) is 5.56 Å². The van der Waals surface area contributed by atoms with Gasteiger partial charge in [0.15, 0.2) is 5.30 Å². The summed E-state index contributed by atoms with van der Waals surface area (Å²) >= 11 is 2.66. The molecule has 0 bridgehead atoms. The van der Waals surface area contributed by atoms with E-state index in [9.17, 15) is 0 Å². The Morgan fingerprint density at radius 1 is 1.00 bits per heavy atom. The summed E-state index contributed by atoms with van der Waals surface area (Å²) in [5.74, 6) is 2.19. The molecule has 84 valence electrons.